The highest BCUT2D eigenvalue weighted by Crippen LogP contribution is 2.39. The fourth-order valence-electron chi connectivity index (χ4n) is 3.26. The van der Waals surface area contributed by atoms with E-state index in [4.69, 9.17) is 5.73 Å². The number of benzene rings is 1. The molecule has 0 saturated carbocycles. The maximum Gasteiger partial charge on any atom is 0.251 e. The summed E-state index contributed by atoms with van der Waals surface area (Å²) in [6.45, 7) is 4.29. The molecule has 0 bridgehead atoms. The van der Waals surface area contributed by atoms with Gasteiger partial charge in [-0.2, -0.15) is 0 Å². The quantitative estimate of drug-likeness (QED) is 0.303. The number of anilines is 2. The molecule has 8 nitrogen and oxygen atoms in total. The molecule has 0 aliphatic heterocycles. The van der Waals surface area contributed by atoms with E-state index in [-0.39, 0.29) is 34.0 Å². The second-order valence-corrected chi connectivity index (χ2v) is 9.64. The number of halogens is 2. The molecule has 35 heavy (non-hydrogen) atoms. The third-order valence-corrected chi connectivity index (χ3v) is 5.98. The zero-order valence-electron chi connectivity index (χ0n) is 19.4. The van der Waals surface area contributed by atoms with E-state index in [1.54, 1.807) is 18.2 Å². The molecule has 0 aliphatic rings. The normalized spacial score (nSPS) is 12.3. The molecule has 186 valence electrons. The molecule has 3 aromatic rings. The number of nitrogens with zero attached hydrogens (tertiary/aromatic N) is 1. The van der Waals surface area contributed by atoms with Gasteiger partial charge in [-0.15, -0.1) is 11.3 Å². The number of amides is 2. The summed E-state index contributed by atoms with van der Waals surface area (Å²) < 4.78 is 29.6. The minimum atomic E-state index is -1.54. The Balaban J connectivity index is 1.88. The fourth-order valence-corrected chi connectivity index (χ4v) is 4.38. The number of rotatable bonds is 9. The lowest BCUT2D eigenvalue weighted by Gasteiger charge is -2.16. The maximum atomic E-state index is 14.8. The highest BCUT2D eigenvalue weighted by Gasteiger charge is 2.24. The van der Waals surface area contributed by atoms with Gasteiger partial charge in [0.1, 0.15) is 28.1 Å². The van der Waals surface area contributed by atoms with Crippen molar-refractivity contribution in [2.45, 2.75) is 45.4 Å². The van der Waals surface area contributed by atoms with Gasteiger partial charge >= 0.3 is 0 Å². The Labute approximate surface area is 204 Å². The van der Waals surface area contributed by atoms with E-state index in [0.717, 1.165) is 23.5 Å². The fraction of sp³-hybridized carbons (Fsp3) is 0.292. The minimum absolute atomic E-state index is 0.0272. The van der Waals surface area contributed by atoms with Crippen LogP contribution in [0.5, 0.6) is 0 Å². The number of carbonyl (C=O) groups is 2. The summed E-state index contributed by atoms with van der Waals surface area (Å²) in [5, 5.41) is 25.0. The number of nitrogens with one attached hydrogen (secondary N) is 2. The molecule has 0 spiro atoms. The van der Waals surface area contributed by atoms with Crippen LogP contribution in [-0.2, 0) is 17.8 Å². The highest BCUT2D eigenvalue weighted by molar-refractivity contribution is 7.20. The van der Waals surface area contributed by atoms with E-state index in [0.29, 0.717) is 17.1 Å². The number of primary amides is 1. The molecule has 1 unspecified atom stereocenters. The van der Waals surface area contributed by atoms with Gasteiger partial charge in [-0.3, -0.25) is 9.59 Å². The van der Waals surface area contributed by atoms with Crippen LogP contribution in [0.1, 0.15) is 42.4 Å². The first-order valence-corrected chi connectivity index (χ1v) is 11.5. The summed E-state index contributed by atoms with van der Waals surface area (Å²) in [6, 6.07) is 8.53. The largest absolute Gasteiger partial charge is 0.393 e. The van der Waals surface area contributed by atoms with Crippen LogP contribution in [0.15, 0.2) is 36.4 Å². The number of carbonyl (C=O) groups excluding carboxylic acids is 2. The van der Waals surface area contributed by atoms with E-state index >= 15 is 0 Å². The minimum Gasteiger partial charge on any atom is -0.393 e. The second-order valence-electron chi connectivity index (χ2n) is 8.59. The number of aromatic nitrogens is 1. The summed E-state index contributed by atoms with van der Waals surface area (Å²) >= 11 is 0.927. The van der Waals surface area contributed by atoms with Gasteiger partial charge in [0, 0.05) is 4.88 Å². The lowest BCUT2D eigenvalue weighted by Crippen LogP contribution is -2.41. The van der Waals surface area contributed by atoms with Crippen LogP contribution in [0.2, 0.25) is 0 Å². The van der Waals surface area contributed by atoms with Crippen LogP contribution in [-0.4, -0.2) is 38.7 Å². The SMILES string of the molecule is CC(O)Cc1cc(F)c(-c2cc(C(N)=O)c(Nc3cccc(CNC(=O)C(C)(C)O)n3)s2)c(F)c1. The third-order valence-electron chi connectivity index (χ3n) is 4.91. The summed E-state index contributed by atoms with van der Waals surface area (Å²) in [5.41, 5.74) is 4.44. The monoisotopic (exact) mass is 504 g/mol. The Hall–Kier alpha value is -3.41. The van der Waals surface area contributed by atoms with Gasteiger partial charge in [0.2, 0.25) is 0 Å². The van der Waals surface area contributed by atoms with Crippen LogP contribution >= 0.6 is 11.3 Å². The summed E-state index contributed by atoms with van der Waals surface area (Å²) in [6.07, 6.45) is -0.665. The van der Waals surface area contributed by atoms with Gasteiger partial charge in [0.15, 0.2) is 0 Å². The molecule has 2 amide bonds. The van der Waals surface area contributed by atoms with Crippen molar-refractivity contribution in [1.82, 2.24) is 10.3 Å². The molecule has 6 N–H and O–H groups in total. The van der Waals surface area contributed by atoms with E-state index in [9.17, 15) is 28.6 Å². The van der Waals surface area contributed by atoms with Gasteiger partial charge in [-0.25, -0.2) is 13.8 Å². The summed E-state index contributed by atoms with van der Waals surface area (Å²) in [4.78, 5) is 28.4. The number of hydrogen-bond acceptors (Lipinski definition) is 7. The molecule has 1 aromatic carbocycles. The van der Waals surface area contributed by atoms with Crippen molar-refractivity contribution in [3.8, 4) is 10.4 Å². The molecular formula is C24H26F2N4O4S. The number of aliphatic hydroxyl groups is 2. The number of aliphatic hydroxyl groups excluding tert-OH is 1. The Kier molecular flexibility index (Phi) is 7.83. The number of nitrogens with two attached hydrogens (primary N) is 1. The molecule has 11 heteroatoms. The molecule has 0 fully saturated rings. The summed E-state index contributed by atoms with van der Waals surface area (Å²) in [5.74, 6) is -2.71. The topological polar surface area (TPSA) is 138 Å². The molecule has 1 atom stereocenters. The van der Waals surface area contributed by atoms with Crippen molar-refractivity contribution in [1.29, 1.82) is 0 Å². The first kappa shape index (κ1) is 26.2. The van der Waals surface area contributed by atoms with Gasteiger partial charge in [-0.05, 0) is 63.1 Å². The average molecular weight is 505 g/mol. The van der Waals surface area contributed by atoms with E-state index in [2.05, 4.69) is 15.6 Å². The van der Waals surface area contributed by atoms with Crippen LogP contribution in [0, 0.1) is 11.6 Å². The Morgan fingerprint density at radius 2 is 1.86 bits per heavy atom. The summed E-state index contributed by atoms with van der Waals surface area (Å²) in [7, 11) is 0. The van der Waals surface area contributed by atoms with Crippen LogP contribution in [0.25, 0.3) is 10.4 Å². The van der Waals surface area contributed by atoms with Crippen molar-refractivity contribution in [3.05, 3.63) is 64.9 Å². The van der Waals surface area contributed by atoms with Gasteiger partial charge in [-0.1, -0.05) is 6.07 Å². The zero-order chi connectivity index (χ0) is 25.9. The van der Waals surface area contributed by atoms with Crippen molar-refractivity contribution >= 4 is 34.0 Å². The zero-order valence-corrected chi connectivity index (χ0v) is 20.2. The molecule has 0 saturated heterocycles. The second kappa shape index (κ2) is 10.5. The highest BCUT2D eigenvalue weighted by atomic mass is 32.1. The Morgan fingerprint density at radius 3 is 2.43 bits per heavy atom. The predicted molar refractivity (Wildman–Crippen MR) is 129 cm³/mol. The number of hydrogen-bond donors (Lipinski definition) is 5. The molecule has 0 radical (unpaired) electrons. The number of pyridine rings is 1. The standard InChI is InChI=1S/C24H26F2N4O4S/c1-12(31)7-13-8-16(25)20(17(26)9-13)18-10-15(21(27)32)22(35-18)30-19-6-4-5-14(29-19)11-28-23(33)24(2,3)34/h4-6,8-10,12,31,34H,7,11H2,1-3H3,(H2,27,32)(H,28,33)(H,29,30). The van der Waals surface area contributed by atoms with E-state index in [1.165, 1.54) is 26.8 Å². The van der Waals surface area contributed by atoms with Crippen LogP contribution < -0.4 is 16.4 Å². The maximum absolute atomic E-state index is 14.8. The molecule has 2 heterocycles. The Morgan fingerprint density at radius 1 is 1.20 bits per heavy atom. The predicted octanol–water partition coefficient (Wildman–Crippen LogP) is 3.24. The van der Waals surface area contributed by atoms with Crippen LogP contribution in [0.4, 0.5) is 19.6 Å². The van der Waals surface area contributed by atoms with E-state index in [1.807, 2.05) is 0 Å². The molecule has 0 aliphatic carbocycles. The van der Waals surface area contributed by atoms with Crippen molar-refractivity contribution in [2.24, 2.45) is 5.73 Å². The smallest absolute Gasteiger partial charge is 0.251 e. The number of thiophene rings is 1. The third kappa shape index (κ3) is 6.59. The molecular weight excluding hydrogens is 478 g/mol. The molecule has 2 aromatic heterocycles. The van der Waals surface area contributed by atoms with Crippen molar-refractivity contribution in [2.75, 3.05) is 5.32 Å². The van der Waals surface area contributed by atoms with E-state index < -0.39 is 35.2 Å². The van der Waals surface area contributed by atoms with Crippen molar-refractivity contribution in [3.63, 3.8) is 0 Å². The molecule has 3 rings (SSSR count). The first-order valence-electron chi connectivity index (χ1n) is 10.7. The van der Waals surface area contributed by atoms with Crippen molar-refractivity contribution < 1.29 is 28.6 Å². The van der Waals surface area contributed by atoms with Gasteiger partial charge < -0.3 is 26.6 Å². The first-order chi connectivity index (χ1) is 16.3. The van der Waals surface area contributed by atoms with Gasteiger partial charge in [0.05, 0.1) is 29.5 Å². The average Bonchev–Trinajstić information content (AvgIpc) is 3.14. The van der Waals surface area contributed by atoms with Crippen LogP contribution in [0.3, 0.4) is 0 Å². The van der Waals surface area contributed by atoms with Gasteiger partial charge in [0.25, 0.3) is 11.8 Å². The lowest BCUT2D eigenvalue weighted by atomic mass is 10.0. The lowest BCUT2D eigenvalue weighted by molar-refractivity contribution is -0.136. The Bertz CT molecular complexity index is 1230.